The Hall–Kier alpha value is -2.75. The van der Waals surface area contributed by atoms with E-state index in [2.05, 4.69) is 6.08 Å². The minimum Gasteiger partial charge on any atom is -0.494 e. The molecule has 0 bridgehead atoms. The zero-order chi connectivity index (χ0) is 18.7. The molecule has 0 unspecified atom stereocenters. The van der Waals surface area contributed by atoms with Crippen molar-refractivity contribution in [2.75, 3.05) is 7.11 Å². The van der Waals surface area contributed by atoms with Crippen LogP contribution >= 0.6 is 0 Å². The van der Waals surface area contributed by atoms with Crippen molar-refractivity contribution in [1.82, 2.24) is 0 Å². The number of aryl methyl sites for hydroxylation is 1. The van der Waals surface area contributed by atoms with Crippen LogP contribution in [-0.4, -0.2) is 7.11 Å². The maximum Gasteiger partial charge on any atom is 0.201 e. The molecule has 3 rings (SSSR count). The van der Waals surface area contributed by atoms with Crippen LogP contribution < -0.4 is 4.74 Å². The van der Waals surface area contributed by atoms with Crippen LogP contribution in [0.1, 0.15) is 18.9 Å². The van der Waals surface area contributed by atoms with E-state index in [1.165, 1.54) is 13.2 Å². The number of rotatable bonds is 5. The maximum atomic E-state index is 14.9. The lowest BCUT2D eigenvalue weighted by Crippen LogP contribution is -1.97. The lowest BCUT2D eigenvalue weighted by Gasteiger charge is -2.11. The minimum atomic E-state index is -1.23. The Bertz CT molecular complexity index is 960. The van der Waals surface area contributed by atoms with E-state index in [0.29, 0.717) is 5.56 Å². The van der Waals surface area contributed by atoms with Crippen molar-refractivity contribution in [3.8, 4) is 16.9 Å². The summed E-state index contributed by atoms with van der Waals surface area (Å²) in [5.74, 6) is -3.44. The predicted octanol–water partition coefficient (Wildman–Crippen LogP) is 6.44. The first-order chi connectivity index (χ1) is 12.6. The van der Waals surface area contributed by atoms with E-state index in [-0.39, 0.29) is 22.1 Å². The Morgan fingerprint density at radius 3 is 2.31 bits per heavy atom. The van der Waals surface area contributed by atoms with Gasteiger partial charge in [-0.3, -0.25) is 0 Å². The molecule has 0 heterocycles. The van der Waals surface area contributed by atoms with Gasteiger partial charge in [-0.05, 0) is 42.3 Å². The highest BCUT2D eigenvalue weighted by atomic mass is 19.2. The minimum absolute atomic E-state index is 0.237. The summed E-state index contributed by atoms with van der Waals surface area (Å²) in [6.07, 6.45) is 5.92. The van der Waals surface area contributed by atoms with Gasteiger partial charge in [-0.1, -0.05) is 48.6 Å². The highest BCUT2D eigenvalue weighted by Gasteiger charge is 2.19. The molecule has 0 atom stereocenters. The van der Waals surface area contributed by atoms with E-state index < -0.39 is 17.5 Å². The van der Waals surface area contributed by atoms with Gasteiger partial charge in [-0.25, -0.2) is 8.78 Å². The number of allylic oxidation sites excluding steroid dienone is 2. The molecule has 0 amide bonds. The third-order valence-corrected chi connectivity index (χ3v) is 4.41. The van der Waals surface area contributed by atoms with Gasteiger partial charge in [0.05, 0.1) is 12.5 Å². The fourth-order valence-corrected chi connectivity index (χ4v) is 3.00. The van der Waals surface area contributed by atoms with Crippen LogP contribution in [-0.2, 0) is 6.42 Å². The first-order valence-electron chi connectivity index (χ1n) is 8.41. The standard InChI is InChI=1S/C22H19F3O/c1-3-4-5-6-14-7-9-15(10-8-14)17-12-11-16-13-18(26-2)21(24)22(25)19(16)20(17)23/h3-4,7-13H,5-6H2,1-2H3/b4-3+. The summed E-state index contributed by atoms with van der Waals surface area (Å²) < 4.78 is 48.0. The molecule has 0 radical (unpaired) electrons. The Kier molecular flexibility index (Phi) is 5.31. The number of halogens is 3. The molecule has 0 fully saturated rings. The molecule has 0 aromatic heterocycles. The summed E-state index contributed by atoms with van der Waals surface area (Å²) in [5, 5.41) is -0.108. The molecule has 0 spiro atoms. The lowest BCUT2D eigenvalue weighted by atomic mass is 9.98. The Morgan fingerprint density at radius 2 is 1.65 bits per heavy atom. The third kappa shape index (κ3) is 3.32. The summed E-state index contributed by atoms with van der Waals surface area (Å²) >= 11 is 0. The predicted molar refractivity (Wildman–Crippen MR) is 98.9 cm³/mol. The highest BCUT2D eigenvalue weighted by Crippen LogP contribution is 2.34. The second-order valence-corrected chi connectivity index (χ2v) is 6.04. The van der Waals surface area contributed by atoms with E-state index in [4.69, 9.17) is 4.74 Å². The summed E-state index contributed by atoms with van der Waals surface area (Å²) in [7, 11) is 1.24. The molecule has 3 aromatic rings. The largest absolute Gasteiger partial charge is 0.494 e. The first-order valence-corrected chi connectivity index (χ1v) is 8.41. The lowest BCUT2D eigenvalue weighted by molar-refractivity contribution is 0.374. The molecule has 26 heavy (non-hydrogen) atoms. The smallest absolute Gasteiger partial charge is 0.201 e. The average Bonchev–Trinajstić information content (AvgIpc) is 2.65. The molecule has 4 heteroatoms. The summed E-state index contributed by atoms with van der Waals surface area (Å²) in [4.78, 5) is 0. The van der Waals surface area contributed by atoms with Crippen LogP contribution in [0.25, 0.3) is 21.9 Å². The molecular formula is C22H19F3O. The number of benzene rings is 3. The second-order valence-electron chi connectivity index (χ2n) is 6.04. The fraction of sp³-hybridized carbons (Fsp3) is 0.182. The van der Waals surface area contributed by atoms with Gasteiger partial charge >= 0.3 is 0 Å². The van der Waals surface area contributed by atoms with Crippen molar-refractivity contribution in [3.63, 3.8) is 0 Å². The van der Waals surface area contributed by atoms with Crippen LogP contribution in [0.5, 0.6) is 5.75 Å². The van der Waals surface area contributed by atoms with E-state index >= 15 is 0 Å². The van der Waals surface area contributed by atoms with Crippen LogP contribution in [0, 0.1) is 17.5 Å². The normalized spacial score (nSPS) is 11.4. The summed E-state index contributed by atoms with van der Waals surface area (Å²) in [6, 6.07) is 11.9. The first kappa shape index (κ1) is 18.1. The molecule has 3 aromatic carbocycles. The maximum absolute atomic E-state index is 14.9. The zero-order valence-electron chi connectivity index (χ0n) is 14.7. The molecule has 0 aliphatic rings. The van der Waals surface area contributed by atoms with Crippen molar-refractivity contribution >= 4 is 10.8 Å². The fourth-order valence-electron chi connectivity index (χ4n) is 3.00. The zero-order valence-corrected chi connectivity index (χ0v) is 14.7. The topological polar surface area (TPSA) is 9.23 Å². The average molecular weight is 356 g/mol. The van der Waals surface area contributed by atoms with Gasteiger partial charge in [0, 0.05) is 5.56 Å². The van der Waals surface area contributed by atoms with Crippen molar-refractivity contribution in [3.05, 3.63) is 77.6 Å². The van der Waals surface area contributed by atoms with Gasteiger partial charge in [0.2, 0.25) is 5.82 Å². The number of ether oxygens (including phenoxy) is 1. The molecule has 0 saturated carbocycles. The Morgan fingerprint density at radius 1 is 0.923 bits per heavy atom. The number of hydrogen-bond donors (Lipinski definition) is 0. The second kappa shape index (κ2) is 7.65. The molecule has 0 N–H and O–H groups in total. The van der Waals surface area contributed by atoms with Crippen LogP contribution in [0.3, 0.4) is 0 Å². The molecule has 0 aliphatic heterocycles. The molecule has 1 nitrogen and oxygen atoms in total. The summed E-state index contributed by atoms with van der Waals surface area (Å²) in [6.45, 7) is 1.98. The van der Waals surface area contributed by atoms with Crippen molar-refractivity contribution < 1.29 is 17.9 Å². The van der Waals surface area contributed by atoms with Gasteiger partial charge in [-0.2, -0.15) is 4.39 Å². The molecular weight excluding hydrogens is 337 g/mol. The molecule has 0 aliphatic carbocycles. The van der Waals surface area contributed by atoms with Crippen LogP contribution in [0.4, 0.5) is 13.2 Å². The van der Waals surface area contributed by atoms with E-state index in [0.717, 1.165) is 18.4 Å². The van der Waals surface area contributed by atoms with Crippen molar-refractivity contribution in [2.24, 2.45) is 0 Å². The van der Waals surface area contributed by atoms with Gasteiger partial charge < -0.3 is 4.74 Å². The van der Waals surface area contributed by atoms with E-state index in [9.17, 15) is 13.2 Å². The molecule has 0 saturated heterocycles. The highest BCUT2D eigenvalue weighted by molar-refractivity contribution is 5.90. The van der Waals surface area contributed by atoms with Gasteiger partial charge in [0.15, 0.2) is 11.6 Å². The van der Waals surface area contributed by atoms with Gasteiger partial charge in [0.1, 0.15) is 5.82 Å². The Labute approximate surface area is 150 Å². The van der Waals surface area contributed by atoms with E-state index in [1.54, 1.807) is 24.3 Å². The van der Waals surface area contributed by atoms with Crippen molar-refractivity contribution in [1.29, 1.82) is 0 Å². The quantitative estimate of drug-likeness (QED) is 0.478. The van der Waals surface area contributed by atoms with Crippen molar-refractivity contribution in [2.45, 2.75) is 19.8 Å². The number of methoxy groups -OCH3 is 1. The number of hydrogen-bond acceptors (Lipinski definition) is 1. The SMILES string of the molecule is C/C=C/CCc1ccc(-c2ccc3cc(OC)c(F)c(F)c3c2F)cc1. The van der Waals surface area contributed by atoms with Gasteiger partial charge in [0.25, 0.3) is 0 Å². The third-order valence-electron chi connectivity index (χ3n) is 4.41. The number of fused-ring (bicyclic) bond motifs is 1. The Balaban J connectivity index is 2.03. The van der Waals surface area contributed by atoms with Crippen LogP contribution in [0.15, 0.2) is 54.6 Å². The molecule has 134 valence electrons. The van der Waals surface area contributed by atoms with Gasteiger partial charge in [-0.15, -0.1) is 0 Å². The monoisotopic (exact) mass is 356 g/mol. The van der Waals surface area contributed by atoms with E-state index in [1.807, 2.05) is 25.1 Å². The van der Waals surface area contributed by atoms with Crippen LogP contribution in [0.2, 0.25) is 0 Å². The summed E-state index contributed by atoms with van der Waals surface area (Å²) in [5.41, 5.74) is 1.99.